The number of carbonyl (C=O) groups is 1. The van der Waals surface area contributed by atoms with E-state index in [1.54, 1.807) is 0 Å². The molecule has 0 radical (unpaired) electrons. The van der Waals surface area contributed by atoms with Gasteiger partial charge < -0.3 is 15.4 Å². The van der Waals surface area contributed by atoms with Gasteiger partial charge in [0.15, 0.2) is 0 Å². The number of hydrogen-bond acceptors (Lipinski definition) is 5. The fraction of sp³-hybridized carbons (Fsp3) is 0.467. The van der Waals surface area contributed by atoms with Gasteiger partial charge in [0.05, 0.1) is 18.7 Å². The Balaban J connectivity index is 1.62. The SMILES string of the molecule is N#C[C@@H]1CCC(NCC(=O)OCc2ccccc2)CN1. The van der Waals surface area contributed by atoms with Gasteiger partial charge in [-0.3, -0.25) is 4.79 Å². The van der Waals surface area contributed by atoms with Crippen LogP contribution in [0, 0.1) is 11.3 Å². The van der Waals surface area contributed by atoms with Crippen molar-refractivity contribution in [2.24, 2.45) is 0 Å². The summed E-state index contributed by atoms with van der Waals surface area (Å²) in [5, 5.41) is 15.0. The quantitative estimate of drug-likeness (QED) is 0.782. The first-order valence-electron chi connectivity index (χ1n) is 6.84. The average Bonchev–Trinajstić information content (AvgIpc) is 2.52. The highest BCUT2D eigenvalue weighted by Gasteiger charge is 2.20. The number of nitriles is 1. The van der Waals surface area contributed by atoms with Crippen molar-refractivity contribution in [3.05, 3.63) is 35.9 Å². The second kappa shape index (κ2) is 7.63. The van der Waals surface area contributed by atoms with Gasteiger partial charge in [0.2, 0.25) is 0 Å². The molecular weight excluding hydrogens is 254 g/mol. The van der Waals surface area contributed by atoms with Crippen molar-refractivity contribution in [3.63, 3.8) is 0 Å². The van der Waals surface area contributed by atoms with Gasteiger partial charge in [-0.2, -0.15) is 5.26 Å². The van der Waals surface area contributed by atoms with Crippen molar-refractivity contribution in [3.8, 4) is 6.07 Å². The summed E-state index contributed by atoms with van der Waals surface area (Å²) in [6.07, 6.45) is 1.71. The van der Waals surface area contributed by atoms with E-state index in [9.17, 15) is 4.79 Å². The molecule has 0 aliphatic carbocycles. The Morgan fingerprint density at radius 3 is 2.85 bits per heavy atom. The third-order valence-electron chi connectivity index (χ3n) is 3.35. The zero-order valence-corrected chi connectivity index (χ0v) is 11.3. The number of nitrogens with one attached hydrogen (secondary N) is 2. The first-order valence-corrected chi connectivity index (χ1v) is 6.84. The zero-order valence-electron chi connectivity index (χ0n) is 11.3. The summed E-state index contributed by atoms with van der Waals surface area (Å²) in [6, 6.07) is 12.0. The minimum absolute atomic E-state index is 0.0573. The van der Waals surface area contributed by atoms with Crippen LogP contribution in [0.3, 0.4) is 0 Å². The number of benzene rings is 1. The number of esters is 1. The lowest BCUT2D eigenvalue weighted by Gasteiger charge is -2.26. The molecular formula is C15H19N3O2. The van der Waals surface area contributed by atoms with Crippen LogP contribution in [0.4, 0.5) is 0 Å². The third kappa shape index (κ3) is 4.65. The normalized spacial score (nSPS) is 21.9. The van der Waals surface area contributed by atoms with Gasteiger partial charge in [0.25, 0.3) is 0 Å². The molecule has 20 heavy (non-hydrogen) atoms. The molecule has 5 heteroatoms. The van der Waals surface area contributed by atoms with Crippen molar-refractivity contribution in [2.75, 3.05) is 13.1 Å². The number of hydrogen-bond donors (Lipinski definition) is 2. The maximum atomic E-state index is 11.6. The molecule has 1 aromatic rings. The predicted molar refractivity (Wildman–Crippen MR) is 74.7 cm³/mol. The molecule has 1 unspecified atom stereocenters. The lowest BCUT2D eigenvalue weighted by atomic mass is 10.0. The Morgan fingerprint density at radius 2 is 2.20 bits per heavy atom. The largest absolute Gasteiger partial charge is 0.460 e. The van der Waals surface area contributed by atoms with Crippen molar-refractivity contribution < 1.29 is 9.53 Å². The summed E-state index contributed by atoms with van der Waals surface area (Å²) < 4.78 is 5.19. The highest BCUT2D eigenvalue weighted by atomic mass is 16.5. The van der Waals surface area contributed by atoms with Crippen LogP contribution in [0.1, 0.15) is 18.4 Å². The highest BCUT2D eigenvalue weighted by Crippen LogP contribution is 2.07. The Hall–Kier alpha value is -1.90. The first kappa shape index (κ1) is 14.5. The fourth-order valence-corrected chi connectivity index (χ4v) is 2.16. The molecule has 0 amide bonds. The number of rotatable bonds is 5. The van der Waals surface area contributed by atoms with Crippen molar-refractivity contribution in [1.29, 1.82) is 5.26 Å². The lowest BCUT2D eigenvalue weighted by Crippen LogP contribution is -2.48. The Bertz CT molecular complexity index is 462. The van der Waals surface area contributed by atoms with E-state index in [4.69, 9.17) is 10.00 Å². The predicted octanol–water partition coefficient (Wildman–Crippen LogP) is 0.964. The highest BCUT2D eigenvalue weighted by molar-refractivity contribution is 5.71. The van der Waals surface area contributed by atoms with Gasteiger partial charge in [0.1, 0.15) is 6.61 Å². The number of carbonyl (C=O) groups excluding carboxylic acids is 1. The Kier molecular flexibility index (Phi) is 5.54. The minimum atomic E-state index is -0.253. The van der Waals surface area contributed by atoms with Crippen LogP contribution in [0.25, 0.3) is 0 Å². The van der Waals surface area contributed by atoms with Crippen LogP contribution >= 0.6 is 0 Å². The van der Waals surface area contributed by atoms with Crippen molar-refractivity contribution in [1.82, 2.24) is 10.6 Å². The molecule has 1 fully saturated rings. The number of ether oxygens (including phenoxy) is 1. The van der Waals surface area contributed by atoms with E-state index in [1.807, 2.05) is 30.3 Å². The Labute approximate surface area is 118 Å². The molecule has 2 N–H and O–H groups in total. The topological polar surface area (TPSA) is 74.2 Å². The van der Waals surface area contributed by atoms with E-state index < -0.39 is 0 Å². The summed E-state index contributed by atoms with van der Waals surface area (Å²) in [7, 11) is 0. The maximum absolute atomic E-state index is 11.6. The smallest absolute Gasteiger partial charge is 0.320 e. The molecule has 0 bridgehead atoms. The average molecular weight is 273 g/mol. The Morgan fingerprint density at radius 1 is 1.40 bits per heavy atom. The van der Waals surface area contributed by atoms with Gasteiger partial charge >= 0.3 is 5.97 Å². The molecule has 1 heterocycles. The molecule has 1 aliphatic heterocycles. The summed E-state index contributed by atoms with van der Waals surface area (Å²) in [5.74, 6) is -0.253. The van der Waals surface area contributed by atoms with Crippen molar-refractivity contribution >= 4 is 5.97 Å². The molecule has 0 aromatic heterocycles. The van der Waals surface area contributed by atoms with Gasteiger partial charge in [-0.1, -0.05) is 30.3 Å². The zero-order chi connectivity index (χ0) is 14.2. The molecule has 0 saturated carbocycles. The molecule has 5 nitrogen and oxygen atoms in total. The first-order chi connectivity index (χ1) is 9.78. The van der Waals surface area contributed by atoms with E-state index in [0.29, 0.717) is 13.2 Å². The van der Waals surface area contributed by atoms with Crippen molar-refractivity contribution in [2.45, 2.75) is 31.5 Å². The number of nitrogens with zero attached hydrogens (tertiary/aromatic N) is 1. The van der Waals surface area contributed by atoms with Crippen LogP contribution < -0.4 is 10.6 Å². The van der Waals surface area contributed by atoms with Crippen LogP contribution in [0.5, 0.6) is 0 Å². The second-order valence-corrected chi connectivity index (χ2v) is 4.89. The molecule has 2 atom stereocenters. The molecule has 1 saturated heterocycles. The van der Waals surface area contributed by atoms with Crippen LogP contribution in [-0.4, -0.2) is 31.1 Å². The minimum Gasteiger partial charge on any atom is -0.460 e. The molecule has 0 spiro atoms. The molecule has 1 aromatic carbocycles. The van der Waals surface area contributed by atoms with Gasteiger partial charge in [-0.05, 0) is 18.4 Å². The van der Waals surface area contributed by atoms with E-state index in [0.717, 1.165) is 18.4 Å². The van der Waals surface area contributed by atoms with Crippen LogP contribution in [-0.2, 0) is 16.1 Å². The van der Waals surface area contributed by atoms with E-state index in [-0.39, 0.29) is 24.6 Å². The monoisotopic (exact) mass is 273 g/mol. The van der Waals surface area contributed by atoms with E-state index >= 15 is 0 Å². The van der Waals surface area contributed by atoms with Crippen LogP contribution in [0.15, 0.2) is 30.3 Å². The van der Waals surface area contributed by atoms with Gasteiger partial charge in [0, 0.05) is 12.6 Å². The standard InChI is InChI=1S/C15H19N3O2/c16-8-13-6-7-14(9-17-13)18-10-15(19)20-11-12-4-2-1-3-5-12/h1-5,13-14,17-18H,6-7,9-11H2/t13-,14?/m0/s1. The maximum Gasteiger partial charge on any atom is 0.320 e. The lowest BCUT2D eigenvalue weighted by molar-refractivity contribution is -0.144. The van der Waals surface area contributed by atoms with E-state index in [2.05, 4.69) is 16.7 Å². The summed E-state index contributed by atoms with van der Waals surface area (Å²) in [5.41, 5.74) is 0.983. The molecule has 106 valence electrons. The van der Waals surface area contributed by atoms with Gasteiger partial charge in [-0.15, -0.1) is 0 Å². The van der Waals surface area contributed by atoms with Crippen LogP contribution in [0.2, 0.25) is 0 Å². The summed E-state index contributed by atoms with van der Waals surface area (Å²) >= 11 is 0. The summed E-state index contributed by atoms with van der Waals surface area (Å²) in [6.45, 7) is 1.22. The van der Waals surface area contributed by atoms with Gasteiger partial charge in [-0.25, -0.2) is 0 Å². The fourth-order valence-electron chi connectivity index (χ4n) is 2.16. The molecule has 2 rings (SSSR count). The number of piperidine rings is 1. The molecule has 1 aliphatic rings. The van der Waals surface area contributed by atoms with E-state index in [1.165, 1.54) is 0 Å². The second-order valence-electron chi connectivity index (χ2n) is 4.89. The summed E-state index contributed by atoms with van der Waals surface area (Å²) in [4.78, 5) is 11.6. The third-order valence-corrected chi connectivity index (χ3v) is 3.35.